The summed E-state index contributed by atoms with van der Waals surface area (Å²) in [6.07, 6.45) is 0. The van der Waals surface area contributed by atoms with Gasteiger partial charge >= 0.3 is 5.97 Å². The first-order valence-electron chi connectivity index (χ1n) is 6.71. The fourth-order valence-corrected chi connectivity index (χ4v) is 2.29. The van der Waals surface area contributed by atoms with Gasteiger partial charge in [-0.05, 0) is 18.2 Å². The average molecular weight is 312 g/mol. The SMILES string of the molecule is COC(=O)c1ccc(Cl)c(NC(=O)CN2CCNCC2)c1. The fraction of sp³-hybridized carbons (Fsp3) is 0.429. The van der Waals surface area contributed by atoms with Crippen LogP contribution in [-0.4, -0.2) is 56.6 Å². The maximum atomic E-state index is 12.0. The lowest BCUT2D eigenvalue weighted by Crippen LogP contribution is -2.46. The van der Waals surface area contributed by atoms with E-state index in [1.807, 2.05) is 0 Å². The molecule has 114 valence electrons. The van der Waals surface area contributed by atoms with Crippen molar-refractivity contribution in [1.29, 1.82) is 0 Å². The van der Waals surface area contributed by atoms with Gasteiger partial charge in [0.25, 0.3) is 0 Å². The van der Waals surface area contributed by atoms with Gasteiger partial charge in [-0.25, -0.2) is 4.79 Å². The van der Waals surface area contributed by atoms with Crippen LogP contribution >= 0.6 is 11.6 Å². The van der Waals surface area contributed by atoms with Crippen LogP contribution in [0.2, 0.25) is 5.02 Å². The van der Waals surface area contributed by atoms with Crippen molar-refractivity contribution in [2.75, 3.05) is 45.2 Å². The van der Waals surface area contributed by atoms with E-state index >= 15 is 0 Å². The Kier molecular flexibility index (Phi) is 5.55. The zero-order valence-corrected chi connectivity index (χ0v) is 12.6. The molecule has 0 unspecified atom stereocenters. The molecule has 1 amide bonds. The number of nitrogens with zero attached hydrogens (tertiary/aromatic N) is 1. The maximum Gasteiger partial charge on any atom is 0.337 e. The molecular weight excluding hydrogens is 294 g/mol. The molecule has 0 atom stereocenters. The van der Waals surface area contributed by atoms with Crippen molar-refractivity contribution in [3.63, 3.8) is 0 Å². The Labute approximate surface area is 128 Å². The number of benzene rings is 1. The van der Waals surface area contributed by atoms with Crippen LogP contribution < -0.4 is 10.6 Å². The number of nitrogens with one attached hydrogen (secondary N) is 2. The molecule has 0 spiro atoms. The molecule has 1 aromatic carbocycles. The molecule has 6 nitrogen and oxygen atoms in total. The van der Waals surface area contributed by atoms with E-state index < -0.39 is 5.97 Å². The Morgan fingerprint density at radius 3 is 2.76 bits per heavy atom. The lowest BCUT2D eigenvalue weighted by atomic mass is 10.2. The van der Waals surface area contributed by atoms with Crippen molar-refractivity contribution in [3.8, 4) is 0 Å². The van der Waals surface area contributed by atoms with Crippen LogP contribution in [0.15, 0.2) is 18.2 Å². The van der Waals surface area contributed by atoms with E-state index in [0.29, 0.717) is 22.8 Å². The third kappa shape index (κ3) is 4.42. The Morgan fingerprint density at radius 2 is 2.10 bits per heavy atom. The first-order valence-corrected chi connectivity index (χ1v) is 7.08. The van der Waals surface area contributed by atoms with Gasteiger partial charge in [-0.1, -0.05) is 11.6 Å². The van der Waals surface area contributed by atoms with Gasteiger partial charge in [0, 0.05) is 26.2 Å². The van der Waals surface area contributed by atoms with Crippen LogP contribution in [0.25, 0.3) is 0 Å². The predicted molar refractivity (Wildman–Crippen MR) is 80.7 cm³/mol. The summed E-state index contributed by atoms with van der Waals surface area (Å²) in [5, 5.41) is 6.35. The van der Waals surface area contributed by atoms with Crippen LogP contribution in [0.3, 0.4) is 0 Å². The van der Waals surface area contributed by atoms with Crippen LogP contribution in [0.5, 0.6) is 0 Å². The van der Waals surface area contributed by atoms with Crippen molar-refractivity contribution in [2.45, 2.75) is 0 Å². The summed E-state index contributed by atoms with van der Waals surface area (Å²) < 4.78 is 4.65. The minimum absolute atomic E-state index is 0.152. The molecule has 1 aliphatic heterocycles. The summed E-state index contributed by atoms with van der Waals surface area (Å²) in [6, 6.07) is 4.64. The Bertz CT molecular complexity index is 530. The molecule has 0 saturated carbocycles. The standard InChI is InChI=1S/C14H18ClN3O3/c1-21-14(20)10-2-3-11(15)12(8-10)17-13(19)9-18-6-4-16-5-7-18/h2-3,8,16H,4-7,9H2,1H3,(H,17,19). The fourth-order valence-electron chi connectivity index (χ4n) is 2.13. The topological polar surface area (TPSA) is 70.7 Å². The third-order valence-electron chi connectivity index (χ3n) is 3.24. The average Bonchev–Trinajstić information content (AvgIpc) is 2.49. The number of halogens is 1. The molecule has 0 aliphatic carbocycles. The number of ether oxygens (including phenoxy) is 1. The molecule has 1 aliphatic rings. The molecule has 1 aromatic rings. The van der Waals surface area contributed by atoms with E-state index in [2.05, 4.69) is 20.3 Å². The Hall–Kier alpha value is -1.63. The summed E-state index contributed by atoms with van der Waals surface area (Å²) in [4.78, 5) is 25.6. The van der Waals surface area contributed by atoms with Crippen LogP contribution in [0.4, 0.5) is 5.69 Å². The van der Waals surface area contributed by atoms with E-state index in [4.69, 9.17) is 11.6 Å². The summed E-state index contributed by atoms with van der Waals surface area (Å²) >= 11 is 6.04. The van der Waals surface area contributed by atoms with Gasteiger partial charge in [0.2, 0.25) is 5.91 Å². The second kappa shape index (κ2) is 7.40. The normalized spacial score (nSPS) is 15.5. The van der Waals surface area contributed by atoms with Crippen molar-refractivity contribution in [1.82, 2.24) is 10.2 Å². The van der Waals surface area contributed by atoms with Gasteiger partial charge in [-0.3, -0.25) is 9.69 Å². The molecule has 1 fully saturated rings. The third-order valence-corrected chi connectivity index (χ3v) is 3.57. The van der Waals surface area contributed by atoms with Gasteiger partial charge in [0.05, 0.1) is 29.9 Å². The molecule has 0 aromatic heterocycles. The molecular formula is C14H18ClN3O3. The van der Waals surface area contributed by atoms with Crippen molar-refractivity contribution >= 4 is 29.2 Å². The summed E-state index contributed by atoms with van der Waals surface area (Å²) in [6.45, 7) is 3.74. The number of carbonyl (C=O) groups is 2. The number of piperazine rings is 1. The largest absolute Gasteiger partial charge is 0.465 e. The molecule has 2 N–H and O–H groups in total. The molecule has 0 bridgehead atoms. The minimum Gasteiger partial charge on any atom is -0.465 e. The first-order chi connectivity index (χ1) is 10.1. The summed E-state index contributed by atoms with van der Waals surface area (Å²) in [5.74, 6) is -0.620. The lowest BCUT2D eigenvalue weighted by Gasteiger charge is -2.26. The van der Waals surface area contributed by atoms with E-state index in [1.54, 1.807) is 12.1 Å². The zero-order chi connectivity index (χ0) is 15.2. The number of amides is 1. The number of rotatable bonds is 4. The lowest BCUT2D eigenvalue weighted by molar-refractivity contribution is -0.117. The number of esters is 1. The van der Waals surface area contributed by atoms with Gasteiger partial charge < -0.3 is 15.4 Å². The summed E-state index contributed by atoms with van der Waals surface area (Å²) in [7, 11) is 1.31. The van der Waals surface area contributed by atoms with Crippen LogP contribution in [0.1, 0.15) is 10.4 Å². The molecule has 2 rings (SSSR count). The number of hydrogen-bond acceptors (Lipinski definition) is 5. The predicted octanol–water partition coefficient (Wildman–Crippen LogP) is 0.970. The molecule has 1 heterocycles. The van der Waals surface area contributed by atoms with Crippen molar-refractivity contribution in [2.24, 2.45) is 0 Å². The second-order valence-corrected chi connectivity index (χ2v) is 5.17. The van der Waals surface area contributed by atoms with Gasteiger partial charge in [-0.15, -0.1) is 0 Å². The van der Waals surface area contributed by atoms with E-state index in [-0.39, 0.29) is 5.91 Å². The number of anilines is 1. The second-order valence-electron chi connectivity index (χ2n) is 4.76. The zero-order valence-electron chi connectivity index (χ0n) is 11.8. The van der Waals surface area contributed by atoms with Crippen LogP contribution in [0, 0.1) is 0 Å². The molecule has 21 heavy (non-hydrogen) atoms. The highest BCUT2D eigenvalue weighted by atomic mass is 35.5. The monoisotopic (exact) mass is 311 g/mol. The highest BCUT2D eigenvalue weighted by molar-refractivity contribution is 6.33. The maximum absolute atomic E-state index is 12.0. The van der Waals surface area contributed by atoms with Crippen molar-refractivity contribution in [3.05, 3.63) is 28.8 Å². The Morgan fingerprint density at radius 1 is 1.38 bits per heavy atom. The van der Waals surface area contributed by atoms with Crippen molar-refractivity contribution < 1.29 is 14.3 Å². The minimum atomic E-state index is -0.468. The van der Waals surface area contributed by atoms with E-state index in [9.17, 15) is 9.59 Å². The van der Waals surface area contributed by atoms with Gasteiger partial charge in [0.1, 0.15) is 0 Å². The summed E-state index contributed by atoms with van der Waals surface area (Å²) in [5.41, 5.74) is 0.763. The highest BCUT2D eigenvalue weighted by Gasteiger charge is 2.15. The molecule has 7 heteroatoms. The van der Waals surface area contributed by atoms with Gasteiger partial charge in [0.15, 0.2) is 0 Å². The van der Waals surface area contributed by atoms with E-state index in [0.717, 1.165) is 26.2 Å². The molecule has 1 saturated heterocycles. The number of hydrogen-bond donors (Lipinski definition) is 2. The molecule has 0 radical (unpaired) electrons. The highest BCUT2D eigenvalue weighted by Crippen LogP contribution is 2.23. The number of carbonyl (C=O) groups excluding carboxylic acids is 2. The van der Waals surface area contributed by atoms with E-state index in [1.165, 1.54) is 13.2 Å². The number of methoxy groups -OCH3 is 1. The smallest absolute Gasteiger partial charge is 0.337 e. The van der Waals surface area contributed by atoms with Gasteiger partial charge in [-0.2, -0.15) is 0 Å². The first kappa shape index (κ1) is 15.8. The quantitative estimate of drug-likeness (QED) is 0.811. The van der Waals surface area contributed by atoms with Crippen LogP contribution in [-0.2, 0) is 9.53 Å². The Balaban J connectivity index is 2.00.